The number of hydrogen-bond acceptors (Lipinski definition) is 3. The maximum atomic E-state index is 12.5. The molecule has 0 bridgehead atoms. The van der Waals surface area contributed by atoms with E-state index in [-0.39, 0.29) is 11.8 Å². The van der Waals surface area contributed by atoms with Crippen molar-refractivity contribution < 1.29 is 9.59 Å². The molecule has 0 aromatic heterocycles. The molecule has 5 heteroatoms. The van der Waals surface area contributed by atoms with Gasteiger partial charge in [-0.05, 0) is 36.6 Å². The number of carbonyl (C=O) groups excluding carboxylic acids is 2. The molecule has 1 atom stereocenters. The summed E-state index contributed by atoms with van der Waals surface area (Å²) in [5.41, 5.74) is 7.39. The fourth-order valence-corrected chi connectivity index (χ4v) is 2.54. The fraction of sp³-hybridized carbons (Fsp3) is 0.333. The molecule has 0 saturated heterocycles. The minimum absolute atomic E-state index is 0.0763. The Bertz CT molecular complexity index is 725. The summed E-state index contributed by atoms with van der Waals surface area (Å²) in [5, 5.41) is 5.75. The SMILES string of the molecule is CCCCNC(=O)c1ccc(CNC(=O)C(C)(N)c2ccccc2)cc1. The van der Waals surface area contributed by atoms with Crippen molar-refractivity contribution in [3.63, 3.8) is 0 Å². The summed E-state index contributed by atoms with van der Waals surface area (Å²) >= 11 is 0. The molecule has 0 aliphatic heterocycles. The second kappa shape index (κ2) is 9.15. The van der Waals surface area contributed by atoms with Gasteiger partial charge in [-0.25, -0.2) is 0 Å². The van der Waals surface area contributed by atoms with Gasteiger partial charge < -0.3 is 16.4 Å². The molecule has 2 amide bonds. The fourth-order valence-electron chi connectivity index (χ4n) is 2.54. The minimum Gasteiger partial charge on any atom is -0.352 e. The van der Waals surface area contributed by atoms with Gasteiger partial charge in [0.2, 0.25) is 5.91 Å². The van der Waals surface area contributed by atoms with Crippen molar-refractivity contribution in [1.29, 1.82) is 0 Å². The highest BCUT2D eigenvalue weighted by Gasteiger charge is 2.29. The highest BCUT2D eigenvalue weighted by molar-refractivity contribution is 5.94. The number of hydrogen-bond donors (Lipinski definition) is 3. The van der Waals surface area contributed by atoms with E-state index in [0.717, 1.165) is 24.0 Å². The Hall–Kier alpha value is -2.66. The van der Waals surface area contributed by atoms with Crippen LogP contribution in [0.2, 0.25) is 0 Å². The van der Waals surface area contributed by atoms with E-state index in [1.165, 1.54) is 0 Å². The second-order valence-electron chi connectivity index (χ2n) is 6.56. The maximum absolute atomic E-state index is 12.5. The first-order valence-corrected chi connectivity index (χ1v) is 8.95. The standard InChI is InChI=1S/C21H27N3O2/c1-3-4-14-23-19(25)17-12-10-16(11-13-17)15-24-20(26)21(2,22)18-8-6-5-7-9-18/h5-13H,3-4,14-15,22H2,1-2H3,(H,23,25)(H,24,26). The van der Waals surface area contributed by atoms with Crippen molar-refractivity contribution in [2.75, 3.05) is 6.54 Å². The molecule has 26 heavy (non-hydrogen) atoms. The molecular weight excluding hydrogens is 326 g/mol. The Morgan fingerprint density at radius 3 is 2.27 bits per heavy atom. The lowest BCUT2D eigenvalue weighted by molar-refractivity contribution is -0.126. The molecule has 2 aromatic carbocycles. The summed E-state index contributed by atoms with van der Waals surface area (Å²) in [6, 6.07) is 16.5. The van der Waals surface area contributed by atoms with Crippen molar-refractivity contribution in [3.05, 3.63) is 71.3 Å². The Kier molecular flexibility index (Phi) is 6.92. The van der Waals surface area contributed by atoms with Gasteiger partial charge in [0.15, 0.2) is 0 Å². The average Bonchev–Trinajstić information content (AvgIpc) is 2.67. The highest BCUT2D eigenvalue weighted by atomic mass is 16.2. The van der Waals surface area contributed by atoms with Gasteiger partial charge in [-0.2, -0.15) is 0 Å². The third kappa shape index (κ3) is 5.17. The molecule has 0 aliphatic carbocycles. The maximum Gasteiger partial charge on any atom is 0.251 e. The molecule has 0 spiro atoms. The van der Waals surface area contributed by atoms with Crippen LogP contribution in [0.15, 0.2) is 54.6 Å². The van der Waals surface area contributed by atoms with E-state index in [1.807, 2.05) is 42.5 Å². The Morgan fingerprint density at radius 2 is 1.65 bits per heavy atom. The average molecular weight is 353 g/mol. The molecule has 0 aliphatic rings. The molecule has 1 unspecified atom stereocenters. The molecular formula is C21H27N3O2. The van der Waals surface area contributed by atoms with Gasteiger partial charge >= 0.3 is 0 Å². The number of amides is 2. The lowest BCUT2D eigenvalue weighted by Gasteiger charge is -2.24. The minimum atomic E-state index is -1.10. The van der Waals surface area contributed by atoms with E-state index >= 15 is 0 Å². The summed E-state index contributed by atoms with van der Waals surface area (Å²) in [4.78, 5) is 24.4. The van der Waals surface area contributed by atoms with Crippen LogP contribution in [-0.2, 0) is 16.9 Å². The first-order chi connectivity index (χ1) is 12.4. The summed E-state index contributed by atoms with van der Waals surface area (Å²) in [6.07, 6.45) is 2.01. The highest BCUT2D eigenvalue weighted by Crippen LogP contribution is 2.17. The zero-order chi connectivity index (χ0) is 19.0. The predicted octanol–water partition coefficient (Wildman–Crippen LogP) is 2.71. The first kappa shape index (κ1) is 19.7. The van der Waals surface area contributed by atoms with E-state index in [2.05, 4.69) is 17.6 Å². The van der Waals surface area contributed by atoms with Crippen LogP contribution in [0.25, 0.3) is 0 Å². The second-order valence-corrected chi connectivity index (χ2v) is 6.56. The van der Waals surface area contributed by atoms with Crippen molar-refractivity contribution >= 4 is 11.8 Å². The summed E-state index contributed by atoms with van der Waals surface area (Å²) in [5.74, 6) is -0.322. The quantitative estimate of drug-likeness (QED) is 0.638. The van der Waals surface area contributed by atoms with Crippen LogP contribution in [0, 0.1) is 0 Å². The van der Waals surface area contributed by atoms with Gasteiger partial charge in [0.1, 0.15) is 5.54 Å². The van der Waals surface area contributed by atoms with E-state index < -0.39 is 5.54 Å². The molecule has 5 nitrogen and oxygen atoms in total. The molecule has 0 fully saturated rings. The predicted molar refractivity (Wildman–Crippen MR) is 104 cm³/mol. The molecule has 2 rings (SSSR count). The van der Waals surface area contributed by atoms with E-state index in [0.29, 0.717) is 18.7 Å². The van der Waals surface area contributed by atoms with Crippen LogP contribution in [0.3, 0.4) is 0 Å². The van der Waals surface area contributed by atoms with Crippen molar-refractivity contribution in [2.45, 2.75) is 38.8 Å². The monoisotopic (exact) mass is 353 g/mol. The molecule has 0 saturated carbocycles. The molecule has 0 heterocycles. The van der Waals surface area contributed by atoms with Crippen LogP contribution in [0.1, 0.15) is 48.2 Å². The van der Waals surface area contributed by atoms with E-state index in [1.54, 1.807) is 19.1 Å². The number of nitrogens with two attached hydrogens (primary N) is 1. The lowest BCUT2D eigenvalue weighted by atomic mass is 9.92. The van der Waals surface area contributed by atoms with Crippen molar-refractivity contribution in [2.24, 2.45) is 5.73 Å². The van der Waals surface area contributed by atoms with Crippen LogP contribution in [-0.4, -0.2) is 18.4 Å². The zero-order valence-corrected chi connectivity index (χ0v) is 15.4. The van der Waals surface area contributed by atoms with Gasteiger partial charge in [-0.3, -0.25) is 9.59 Å². The third-order valence-electron chi connectivity index (χ3n) is 4.33. The normalized spacial score (nSPS) is 12.9. The largest absolute Gasteiger partial charge is 0.352 e. The number of benzene rings is 2. The first-order valence-electron chi connectivity index (χ1n) is 8.95. The Balaban J connectivity index is 1.91. The Morgan fingerprint density at radius 1 is 1.00 bits per heavy atom. The molecule has 4 N–H and O–H groups in total. The van der Waals surface area contributed by atoms with Crippen LogP contribution in [0.5, 0.6) is 0 Å². The van der Waals surface area contributed by atoms with Crippen LogP contribution in [0.4, 0.5) is 0 Å². The third-order valence-corrected chi connectivity index (χ3v) is 4.33. The van der Waals surface area contributed by atoms with Gasteiger partial charge in [-0.1, -0.05) is 55.8 Å². The zero-order valence-electron chi connectivity index (χ0n) is 15.4. The number of unbranched alkanes of at least 4 members (excludes halogenated alkanes) is 1. The lowest BCUT2D eigenvalue weighted by Crippen LogP contribution is -2.48. The van der Waals surface area contributed by atoms with Crippen LogP contribution < -0.4 is 16.4 Å². The summed E-state index contributed by atoms with van der Waals surface area (Å²) in [7, 11) is 0. The number of carbonyl (C=O) groups is 2. The van der Waals surface area contributed by atoms with Gasteiger partial charge in [0, 0.05) is 18.7 Å². The van der Waals surface area contributed by atoms with Gasteiger partial charge in [-0.15, -0.1) is 0 Å². The van der Waals surface area contributed by atoms with E-state index in [4.69, 9.17) is 5.73 Å². The summed E-state index contributed by atoms with van der Waals surface area (Å²) < 4.78 is 0. The molecule has 138 valence electrons. The van der Waals surface area contributed by atoms with Crippen molar-refractivity contribution in [3.8, 4) is 0 Å². The molecule has 0 radical (unpaired) electrons. The Labute approximate surface area is 155 Å². The summed E-state index contributed by atoms with van der Waals surface area (Å²) in [6.45, 7) is 4.82. The number of rotatable bonds is 8. The smallest absolute Gasteiger partial charge is 0.251 e. The van der Waals surface area contributed by atoms with Crippen LogP contribution >= 0.6 is 0 Å². The number of nitrogens with one attached hydrogen (secondary N) is 2. The molecule has 2 aromatic rings. The topological polar surface area (TPSA) is 84.2 Å². The van der Waals surface area contributed by atoms with Gasteiger partial charge in [0.25, 0.3) is 5.91 Å². The van der Waals surface area contributed by atoms with Crippen molar-refractivity contribution in [1.82, 2.24) is 10.6 Å². The van der Waals surface area contributed by atoms with E-state index in [9.17, 15) is 9.59 Å². The van der Waals surface area contributed by atoms with Gasteiger partial charge in [0.05, 0.1) is 0 Å².